The Balaban J connectivity index is 1.76. The van der Waals surface area contributed by atoms with Gasteiger partial charge >= 0.3 is 0 Å². The normalized spacial score (nSPS) is 19.2. The number of aryl methyl sites for hydroxylation is 1. The summed E-state index contributed by atoms with van der Waals surface area (Å²) in [4.78, 5) is 19.0. The molecule has 0 fully saturated rings. The van der Waals surface area contributed by atoms with Gasteiger partial charge in [-0.05, 0) is 30.5 Å². The number of aromatic nitrogens is 2. The van der Waals surface area contributed by atoms with Crippen molar-refractivity contribution in [3.63, 3.8) is 0 Å². The third-order valence-corrected chi connectivity index (χ3v) is 10.9. The third-order valence-electron chi connectivity index (χ3n) is 6.49. The van der Waals surface area contributed by atoms with Crippen LogP contribution in [0.3, 0.4) is 0 Å². The minimum Gasteiger partial charge on any atom is -0.486 e. The van der Waals surface area contributed by atoms with Gasteiger partial charge in [0, 0.05) is 32.8 Å². The molecule has 0 aliphatic carbocycles. The number of para-hydroxylation sites is 1. The van der Waals surface area contributed by atoms with Crippen molar-refractivity contribution in [2.24, 2.45) is 13.0 Å². The summed E-state index contributed by atoms with van der Waals surface area (Å²) in [6.45, 7) is 3.33. The van der Waals surface area contributed by atoms with Crippen LogP contribution in [0, 0.1) is 5.92 Å². The average molecular weight is 598 g/mol. The first kappa shape index (κ1) is 29.0. The first-order chi connectivity index (χ1) is 18.3. The van der Waals surface area contributed by atoms with Crippen molar-refractivity contribution in [2.45, 2.75) is 35.2 Å². The number of aliphatic hydroxyl groups excluding tert-OH is 1. The number of benzene rings is 1. The second-order valence-electron chi connectivity index (χ2n) is 9.51. The number of rotatable bonds is 9. The van der Waals surface area contributed by atoms with Gasteiger partial charge in [-0.15, -0.1) is 11.3 Å². The summed E-state index contributed by atoms with van der Waals surface area (Å²) < 4.78 is 64.1. The van der Waals surface area contributed by atoms with E-state index in [-0.39, 0.29) is 45.9 Å². The number of hydrogen-bond donors (Lipinski definition) is 2. The van der Waals surface area contributed by atoms with Crippen molar-refractivity contribution >= 4 is 43.0 Å². The number of nitrogens with one attached hydrogen (secondary N) is 1. The van der Waals surface area contributed by atoms with E-state index in [9.17, 15) is 26.7 Å². The van der Waals surface area contributed by atoms with Crippen LogP contribution in [0.25, 0.3) is 0 Å². The minimum absolute atomic E-state index is 0.00553. The lowest BCUT2D eigenvalue weighted by atomic mass is 9.99. The van der Waals surface area contributed by atoms with Gasteiger partial charge in [-0.25, -0.2) is 13.4 Å². The number of carbonyl (C=O) groups excluding carboxylic acids is 1. The second kappa shape index (κ2) is 11.3. The maximum atomic E-state index is 13.6. The predicted molar refractivity (Wildman–Crippen MR) is 146 cm³/mol. The Morgan fingerprint density at radius 3 is 2.62 bits per heavy atom. The number of thiophene rings is 1. The maximum absolute atomic E-state index is 13.6. The van der Waals surface area contributed by atoms with E-state index in [1.165, 1.54) is 57.6 Å². The van der Waals surface area contributed by atoms with Crippen LogP contribution in [-0.2, 0) is 27.1 Å². The fourth-order valence-electron chi connectivity index (χ4n) is 4.18. The van der Waals surface area contributed by atoms with Crippen molar-refractivity contribution in [2.75, 3.05) is 31.5 Å². The molecule has 0 bridgehead atoms. The first-order valence-corrected chi connectivity index (χ1v) is 15.9. The van der Waals surface area contributed by atoms with Gasteiger partial charge in [-0.1, -0.05) is 19.1 Å². The molecule has 0 spiro atoms. The van der Waals surface area contributed by atoms with Gasteiger partial charge in [0.1, 0.15) is 10.3 Å². The average Bonchev–Trinajstić information content (AvgIpc) is 3.59. The summed E-state index contributed by atoms with van der Waals surface area (Å²) in [5, 5.41) is 11.3. The van der Waals surface area contributed by atoms with Crippen LogP contribution in [-0.4, -0.2) is 85.5 Å². The molecule has 3 heterocycles. The van der Waals surface area contributed by atoms with Crippen molar-refractivity contribution in [1.29, 1.82) is 0 Å². The molecule has 1 aliphatic rings. The maximum Gasteiger partial charge on any atom is 0.281 e. The van der Waals surface area contributed by atoms with Crippen molar-refractivity contribution < 1.29 is 31.5 Å². The van der Waals surface area contributed by atoms with Gasteiger partial charge in [-0.2, -0.15) is 12.7 Å². The molecule has 4 rings (SSSR count). The van der Waals surface area contributed by atoms with Crippen LogP contribution in [0.1, 0.15) is 24.2 Å². The molecule has 12 nitrogen and oxygen atoms in total. The highest BCUT2D eigenvalue weighted by atomic mass is 32.2. The zero-order chi connectivity index (χ0) is 28.5. The van der Waals surface area contributed by atoms with Crippen LogP contribution < -0.4 is 9.46 Å². The Bertz CT molecular complexity index is 1540. The fraction of sp³-hybridized carbons (Fsp3) is 0.417. The number of likely N-dealkylation sites (N-methyl/N-ethyl adjacent to an activating group) is 1. The zero-order valence-corrected chi connectivity index (χ0v) is 24.3. The second-order valence-corrected chi connectivity index (χ2v) is 14.4. The number of carbonyl (C=O) groups is 1. The van der Waals surface area contributed by atoms with Gasteiger partial charge in [0.2, 0.25) is 0 Å². The largest absolute Gasteiger partial charge is 0.486 e. The summed E-state index contributed by atoms with van der Waals surface area (Å²) >= 11 is 1.10. The number of fused-ring (bicyclic) bond motifs is 1. The summed E-state index contributed by atoms with van der Waals surface area (Å²) in [6.07, 6.45) is 1.91. The molecule has 1 aliphatic heterocycles. The van der Waals surface area contributed by atoms with E-state index in [0.717, 1.165) is 11.3 Å². The molecule has 15 heteroatoms. The molecule has 1 aromatic carbocycles. The van der Waals surface area contributed by atoms with Crippen LogP contribution in [0.2, 0.25) is 0 Å². The predicted octanol–water partition coefficient (Wildman–Crippen LogP) is 1.82. The lowest BCUT2D eigenvalue weighted by Crippen LogP contribution is -2.50. The molecule has 0 radical (unpaired) electrons. The number of aliphatic hydroxyl groups is 1. The topological polar surface area (TPSA) is 151 Å². The number of imidazole rings is 1. The van der Waals surface area contributed by atoms with Crippen LogP contribution in [0.4, 0.5) is 5.69 Å². The highest BCUT2D eigenvalue weighted by molar-refractivity contribution is 7.92. The Morgan fingerprint density at radius 1 is 1.26 bits per heavy atom. The molecule has 2 N–H and O–H groups in total. The molecule has 1 amide bonds. The van der Waals surface area contributed by atoms with Crippen molar-refractivity contribution in [3.05, 3.63) is 53.8 Å². The first-order valence-electron chi connectivity index (χ1n) is 12.1. The summed E-state index contributed by atoms with van der Waals surface area (Å²) in [5.74, 6) is -0.872. The van der Waals surface area contributed by atoms with Crippen molar-refractivity contribution in [1.82, 2.24) is 18.8 Å². The van der Waals surface area contributed by atoms with Gasteiger partial charge < -0.3 is 19.3 Å². The van der Waals surface area contributed by atoms with Crippen LogP contribution in [0.15, 0.2) is 57.5 Å². The molecule has 0 saturated carbocycles. The molecule has 212 valence electrons. The Morgan fingerprint density at radius 2 is 2.00 bits per heavy atom. The number of ether oxygens (including phenoxy) is 1. The molecular weight excluding hydrogens is 566 g/mol. The number of amides is 1. The van der Waals surface area contributed by atoms with Gasteiger partial charge in [0.05, 0.1) is 36.8 Å². The molecule has 3 atom stereocenters. The summed E-state index contributed by atoms with van der Waals surface area (Å²) in [7, 11) is -4.86. The molecular formula is C24H31N5O7S3. The molecule has 3 aromatic rings. The van der Waals surface area contributed by atoms with E-state index in [1.54, 1.807) is 25.4 Å². The van der Waals surface area contributed by atoms with Gasteiger partial charge in [-0.3, -0.25) is 9.52 Å². The fourth-order valence-corrected chi connectivity index (χ4v) is 7.61. The highest BCUT2D eigenvalue weighted by Crippen LogP contribution is 2.36. The quantitative estimate of drug-likeness (QED) is 0.379. The van der Waals surface area contributed by atoms with E-state index >= 15 is 0 Å². The highest BCUT2D eigenvalue weighted by Gasteiger charge is 2.36. The molecule has 0 saturated heterocycles. The Hall–Kier alpha value is -2.98. The lowest BCUT2D eigenvalue weighted by molar-refractivity contribution is 0.0389. The minimum atomic E-state index is -4.14. The van der Waals surface area contributed by atoms with E-state index < -0.39 is 44.0 Å². The third kappa shape index (κ3) is 5.96. The number of anilines is 1. The van der Waals surface area contributed by atoms with E-state index in [2.05, 4.69) is 9.71 Å². The number of hydrogen-bond acceptors (Lipinski definition) is 9. The standard InChI is InChI=1S/C24H31N5O7S3/c1-16-11-29(17(2)14-30)24(31)18-7-5-8-19(26-38(32,33)21-13-27(3)15-25-21)23(18)36-20(16)12-28(4)39(34,35)22-9-6-10-37-22/h5-10,13,15-17,20,26,30H,11-12,14H2,1-4H3/t16-,17-,20+/m0/s1. The monoisotopic (exact) mass is 597 g/mol. The number of nitrogens with zero attached hydrogens (tertiary/aromatic N) is 4. The number of sulfonamides is 2. The van der Waals surface area contributed by atoms with Crippen LogP contribution >= 0.6 is 11.3 Å². The van der Waals surface area contributed by atoms with E-state index in [0.29, 0.717) is 0 Å². The molecule has 0 unspecified atom stereocenters. The van der Waals surface area contributed by atoms with Gasteiger partial charge in [0.15, 0.2) is 10.8 Å². The summed E-state index contributed by atoms with van der Waals surface area (Å²) in [6, 6.07) is 7.10. The van der Waals surface area contributed by atoms with Crippen LogP contribution in [0.5, 0.6) is 5.75 Å². The van der Waals surface area contributed by atoms with E-state index in [4.69, 9.17) is 4.74 Å². The lowest BCUT2D eigenvalue weighted by Gasteiger charge is -2.38. The molecule has 39 heavy (non-hydrogen) atoms. The summed E-state index contributed by atoms with van der Waals surface area (Å²) in [5.41, 5.74) is 0.0863. The Kier molecular flexibility index (Phi) is 8.37. The molecule has 2 aromatic heterocycles. The van der Waals surface area contributed by atoms with Crippen molar-refractivity contribution in [3.8, 4) is 5.75 Å². The van der Waals surface area contributed by atoms with Gasteiger partial charge in [0.25, 0.3) is 26.0 Å². The van der Waals surface area contributed by atoms with E-state index in [1.807, 2.05) is 6.92 Å². The zero-order valence-electron chi connectivity index (χ0n) is 21.9. The Labute approximate surface area is 231 Å². The smallest absolute Gasteiger partial charge is 0.281 e. The SMILES string of the molecule is C[C@H]1CN([C@@H](C)CO)C(=O)c2cccc(NS(=O)(=O)c3cn(C)cn3)c2O[C@@H]1CN(C)S(=O)(=O)c1cccs1.